The van der Waals surface area contributed by atoms with Gasteiger partial charge in [-0.15, -0.1) is 0 Å². The zero-order valence-corrected chi connectivity index (χ0v) is 9.33. The maximum absolute atomic E-state index is 11.8. The highest BCUT2D eigenvalue weighted by Gasteiger charge is 2.03. The zero-order chi connectivity index (χ0) is 11.4. The average molecular weight is 228 g/mol. The van der Waals surface area contributed by atoms with Gasteiger partial charge in [0.2, 0.25) is 0 Å². The zero-order valence-electron chi connectivity index (χ0n) is 8.51. The van der Waals surface area contributed by atoms with Crippen LogP contribution in [0.2, 0.25) is 0 Å². The highest BCUT2D eigenvalue weighted by Crippen LogP contribution is 2.10. The fourth-order valence-corrected chi connectivity index (χ4v) is 1.47. The van der Waals surface area contributed by atoms with Crippen molar-refractivity contribution in [1.29, 1.82) is 0 Å². The van der Waals surface area contributed by atoms with Crippen molar-refractivity contribution >= 4 is 24.2 Å². The molecule has 0 saturated carbocycles. The van der Waals surface area contributed by atoms with E-state index in [2.05, 4.69) is 5.32 Å². The van der Waals surface area contributed by atoms with Crippen LogP contribution in [0.4, 0.5) is 5.69 Å². The van der Waals surface area contributed by atoms with Crippen LogP contribution in [0.25, 0.3) is 0 Å². The summed E-state index contributed by atoms with van der Waals surface area (Å²) in [6, 6.07) is 16.3. The Bertz CT molecular complexity index is 479. The van der Waals surface area contributed by atoms with Crippen molar-refractivity contribution in [3.05, 3.63) is 60.2 Å². The predicted octanol–water partition coefficient (Wildman–Crippen LogP) is 2.84. The van der Waals surface area contributed by atoms with E-state index in [0.717, 1.165) is 10.6 Å². The van der Waals surface area contributed by atoms with Crippen molar-refractivity contribution in [1.82, 2.24) is 0 Å². The maximum atomic E-state index is 11.8. The molecule has 0 radical (unpaired) electrons. The van der Waals surface area contributed by atoms with E-state index in [4.69, 9.17) is 12.6 Å². The van der Waals surface area contributed by atoms with E-state index in [-0.39, 0.29) is 5.91 Å². The molecule has 0 unspecified atom stereocenters. The third kappa shape index (κ3) is 2.58. The number of carbonyl (C=O) groups is 1. The lowest BCUT2D eigenvalue weighted by molar-refractivity contribution is 0.102. The monoisotopic (exact) mass is 228 g/mol. The summed E-state index contributed by atoms with van der Waals surface area (Å²) in [5, 5.41) is 2.80. The minimum absolute atomic E-state index is 0.113. The summed E-state index contributed by atoms with van der Waals surface area (Å²) in [6.45, 7) is 0. The summed E-state index contributed by atoms with van der Waals surface area (Å²) in [7, 11) is 0. The Morgan fingerprint density at radius 2 is 1.56 bits per heavy atom. The van der Waals surface area contributed by atoms with Crippen LogP contribution in [0.1, 0.15) is 10.4 Å². The number of amides is 1. The predicted molar refractivity (Wildman–Crippen MR) is 66.5 cm³/mol. The fraction of sp³-hybridized carbons (Fsp3) is 0. The molecule has 2 aromatic carbocycles. The fourth-order valence-electron chi connectivity index (χ4n) is 1.33. The smallest absolute Gasteiger partial charge is 0.255 e. The van der Waals surface area contributed by atoms with Crippen molar-refractivity contribution in [2.45, 2.75) is 4.90 Å². The molecule has 0 saturated heterocycles. The molecular formula is C13H10NOS-. The Kier molecular flexibility index (Phi) is 3.17. The van der Waals surface area contributed by atoms with Crippen LogP contribution in [0.5, 0.6) is 0 Å². The molecule has 0 aliphatic rings. The summed E-state index contributed by atoms with van der Waals surface area (Å²) in [4.78, 5) is 12.5. The average Bonchev–Trinajstić information content (AvgIpc) is 2.33. The number of rotatable bonds is 2. The number of benzene rings is 2. The van der Waals surface area contributed by atoms with Gasteiger partial charge in [-0.05, 0) is 24.3 Å². The Morgan fingerprint density at radius 3 is 2.19 bits per heavy atom. The summed E-state index contributed by atoms with van der Waals surface area (Å²) in [5.74, 6) is -0.113. The Morgan fingerprint density at radius 1 is 0.938 bits per heavy atom. The Balaban J connectivity index is 2.11. The molecule has 0 aliphatic carbocycles. The van der Waals surface area contributed by atoms with Gasteiger partial charge in [-0.2, -0.15) is 4.90 Å². The van der Waals surface area contributed by atoms with Crippen molar-refractivity contribution in [3.8, 4) is 0 Å². The van der Waals surface area contributed by atoms with Gasteiger partial charge >= 0.3 is 0 Å². The van der Waals surface area contributed by atoms with Crippen LogP contribution in [0.15, 0.2) is 59.5 Å². The van der Waals surface area contributed by atoms with Gasteiger partial charge < -0.3 is 17.9 Å². The number of hydrogen-bond donors (Lipinski definition) is 1. The van der Waals surface area contributed by atoms with E-state index >= 15 is 0 Å². The molecule has 0 aromatic heterocycles. The highest BCUT2D eigenvalue weighted by molar-refractivity contribution is 7.58. The van der Waals surface area contributed by atoms with Crippen molar-refractivity contribution in [2.24, 2.45) is 0 Å². The minimum atomic E-state index is -0.113. The number of hydrogen-bond acceptors (Lipinski definition) is 2. The quantitative estimate of drug-likeness (QED) is 0.801. The summed E-state index contributed by atoms with van der Waals surface area (Å²) in [6.07, 6.45) is 0. The molecule has 0 heterocycles. The second-order valence-electron chi connectivity index (χ2n) is 3.34. The van der Waals surface area contributed by atoms with E-state index in [9.17, 15) is 4.79 Å². The Labute approximate surface area is 99.7 Å². The first-order valence-corrected chi connectivity index (χ1v) is 5.30. The van der Waals surface area contributed by atoms with Gasteiger partial charge in [-0.25, -0.2) is 0 Å². The first kappa shape index (κ1) is 10.6. The SMILES string of the molecule is O=C(Nc1ccc([S-])cc1)c1ccccc1. The van der Waals surface area contributed by atoms with Crippen molar-refractivity contribution in [3.63, 3.8) is 0 Å². The lowest BCUT2D eigenvalue weighted by Gasteiger charge is -2.08. The van der Waals surface area contributed by atoms with E-state index < -0.39 is 0 Å². The molecule has 0 aliphatic heterocycles. The molecule has 2 rings (SSSR count). The molecule has 0 spiro atoms. The first-order valence-electron chi connectivity index (χ1n) is 4.89. The third-order valence-corrected chi connectivity index (χ3v) is 2.42. The molecule has 0 bridgehead atoms. The maximum Gasteiger partial charge on any atom is 0.255 e. The molecule has 1 N–H and O–H groups in total. The lowest BCUT2D eigenvalue weighted by Crippen LogP contribution is -2.11. The second kappa shape index (κ2) is 4.77. The topological polar surface area (TPSA) is 29.1 Å². The highest BCUT2D eigenvalue weighted by atomic mass is 32.1. The summed E-state index contributed by atoms with van der Waals surface area (Å²) < 4.78 is 0. The number of carbonyl (C=O) groups excluding carboxylic acids is 1. The van der Waals surface area contributed by atoms with Crippen LogP contribution >= 0.6 is 0 Å². The van der Waals surface area contributed by atoms with Gasteiger partial charge in [0.15, 0.2) is 0 Å². The molecule has 80 valence electrons. The molecule has 3 heteroatoms. The van der Waals surface area contributed by atoms with E-state index in [1.54, 1.807) is 36.4 Å². The van der Waals surface area contributed by atoms with E-state index in [1.807, 2.05) is 18.2 Å². The largest absolute Gasteiger partial charge is 0.780 e. The summed E-state index contributed by atoms with van der Waals surface area (Å²) in [5.41, 5.74) is 1.40. The van der Waals surface area contributed by atoms with Crippen LogP contribution in [-0.2, 0) is 12.6 Å². The van der Waals surface area contributed by atoms with Gasteiger partial charge in [0.1, 0.15) is 0 Å². The van der Waals surface area contributed by atoms with E-state index in [1.165, 1.54) is 0 Å². The van der Waals surface area contributed by atoms with E-state index in [0.29, 0.717) is 5.56 Å². The van der Waals surface area contributed by atoms with Gasteiger partial charge in [0, 0.05) is 11.3 Å². The molecule has 1 amide bonds. The van der Waals surface area contributed by atoms with Gasteiger partial charge in [0.25, 0.3) is 5.91 Å². The van der Waals surface area contributed by atoms with Gasteiger partial charge in [-0.3, -0.25) is 4.79 Å². The second-order valence-corrected chi connectivity index (χ2v) is 3.82. The molecular weight excluding hydrogens is 218 g/mol. The summed E-state index contributed by atoms with van der Waals surface area (Å²) >= 11 is 4.97. The Hall–Kier alpha value is -1.87. The van der Waals surface area contributed by atoms with Gasteiger partial charge in [-0.1, -0.05) is 30.3 Å². The first-order chi connectivity index (χ1) is 7.75. The van der Waals surface area contributed by atoms with Crippen molar-refractivity contribution < 1.29 is 4.79 Å². The third-order valence-electron chi connectivity index (χ3n) is 2.15. The van der Waals surface area contributed by atoms with Crippen LogP contribution in [0.3, 0.4) is 0 Å². The molecule has 16 heavy (non-hydrogen) atoms. The lowest BCUT2D eigenvalue weighted by atomic mass is 10.2. The standard InChI is InChI=1S/C13H11NOS/c15-13(10-4-2-1-3-5-10)14-11-6-8-12(16)9-7-11/h1-9,16H,(H,14,15)/p-1. The van der Waals surface area contributed by atoms with Crippen LogP contribution < -0.4 is 5.32 Å². The van der Waals surface area contributed by atoms with Crippen molar-refractivity contribution in [2.75, 3.05) is 5.32 Å². The minimum Gasteiger partial charge on any atom is -0.780 e. The number of anilines is 1. The molecule has 0 fully saturated rings. The van der Waals surface area contributed by atoms with Crippen LogP contribution in [0, 0.1) is 0 Å². The molecule has 2 aromatic rings. The normalized spacial score (nSPS) is 9.75. The van der Waals surface area contributed by atoms with Gasteiger partial charge in [0.05, 0.1) is 0 Å². The molecule has 2 nitrogen and oxygen atoms in total. The number of nitrogens with one attached hydrogen (secondary N) is 1. The molecule has 0 atom stereocenters. The van der Waals surface area contributed by atoms with Crippen LogP contribution in [-0.4, -0.2) is 5.91 Å².